The van der Waals surface area contributed by atoms with Gasteiger partial charge in [-0.1, -0.05) is 55.0 Å². The minimum absolute atomic E-state index is 0.266. The second kappa shape index (κ2) is 10.1. The molecule has 3 heterocycles. The molecule has 0 spiro atoms. The fourth-order valence-electron chi connectivity index (χ4n) is 5.00. The number of nitrogens with zero attached hydrogens (tertiary/aromatic N) is 2. The number of oxazole rings is 1. The molecule has 36 heavy (non-hydrogen) atoms. The third-order valence-corrected chi connectivity index (χ3v) is 6.92. The topological polar surface area (TPSA) is 57.0 Å². The molecule has 184 valence electrons. The number of ether oxygens (including phenoxy) is 3. The highest BCUT2D eigenvalue weighted by Gasteiger charge is 2.20. The van der Waals surface area contributed by atoms with E-state index in [1.54, 1.807) is 0 Å². The molecule has 0 radical (unpaired) electrons. The van der Waals surface area contributed by atoms with E-state index in [1.807, 2.05) is 48.5 Å². The fourth-order valence-corrected chi connectivity index (χ4v) is 5.00. The highest BCUT2D eigenvalue weighted by Crippen LogP contribution is 2.38. The highest BCUT2D eigenvalue weighted by molar-refractivity contribution is 5.72. The van der Waals surface area contributed by atoms with Crippen LogP contribution in [0.3, 0.4) is 0 Å². The number of hydrogen-bond acceptors (Lipinski definition) is 6. The number of piperidine rings is 1. The van der Waals surface area contributed by atoms with Crippen LogP contribution in [0.25, 0.3) is 22.4 Å². The maximum atomic E-state index is 6.29. The summed E-state index contributed by atoms with van der Waals surface area (Å²) in [5.74, 6) is 3.86. The third kappa shape index (κ3) is 4.69. The van der Waals surface area contributed by atoms with Crippen LogP contribution >= 0.6 is 0 Å². The molecule has 6 heteroatoms. The average Bonchev–Trinajstić information content (AvgIpc) is 3.56. The van der Waals surface area contributed by atoms with E-state index < -0.39 is 0 Å². The van der Waals surface area contributed by atoms with Crippen LogP contribution in [0, 0.1) is 6.92 Å². The first-order valence-electron chi connectivity index (χ1n) is 12.6. The van der Waals surface area contributed by atoms with E-state index in [0.717, 1.165) is 70.6 Å². The lowest BCUT2D eigenvalue weighted by Crippen LogP contribution is -2.29. The van der Waals surface area contributed by atoms with Crippen LogP contribution < -0.4 is 14.2 Å². The van der Waals surface area contributed by atoms with Gasteiger partial charge in [0.1, 0.15) is 17.2 Å². The largest absolute Gasteiger partial charge is 0.484 e. The van der Waals surface area contributed by atoms with Gasteiger partial charge in [0.25, 0.3) is 0 Å². The standard InChI is InChI=1S/C30H30N2O4/c1-21-24(23-13-14-26-27(17-23)35-20-34-26)11-8-12-25(21)33-19-29-31-30(22-9-4-2-5-10-22)28(36-29)18-32-15-6-3-7-16-32/h2,4-5,8-14,17H,3,6-7,15-16,18-20H2,1H3. The third-order valence-electron chi connectivity index (χ3n) is 6.92. The van der Waals surface area contributed by atoms with E-state index in [-0.39, 0.29) is 13.4 Å². The molecule has 0 atom stereocenters. The van der Waals surface area contributed by atoms with Crippen molar-refractivity contribution in [3.8, 4) is 39.6 Å². The zero-order chi connectivity index (χ0) is 24.3. The zero-order valence-corrected chi connectivity index (χ0v) is 20.5. The van der Waals surface area contributed by atoms with E-state index in [4.69, 9.17) is 23.6 Å². The molecular weight excluding hydrogens is 452 g/mol. The van der Waals surface area contributed by atoms with Gasteiger partial charge < -0.3 is 18.6 Å². The second-order valence-corrected chi connectivity index (χ2v) is 9.37. The van der Waals surface area contributed by atoms with Gasteiger partial charge in [-0.05, 0) is 67.7 Å². The van der Waals surface area contributed by atoms with Crippen LogP contribution in [0.1, 0.15) is 36.5 Å². The van der Waals surface area contributed by atoms with Crippen molar-refractivity contribution in [3.63, 3.8) is 0 Å². The van der Waals surface area contributed by atoms with Crippen LogP contribution in [0.2, 0.25) is 0 Å². The van der Waals surface area contributed by atoms with Crippen LogP contribution in [0.4, 0.5) is 0 Å². The lowest BCUT2D eigenvalue weighted by atomic mass is 9.99. The molecule has 0 unspecified atom stereocenters. The molecule has 6 nitrogen and oxygen atoms in total. The summed E-state index contributed by atoms with van der Waals surface area (Å²) in [4.78, 5) is 7.32. The maximum absolute atomic E-state index is 6.29. The molecule has 0 N–H and O–H groups in total. The van der Waals surface area contributed by atoms with Crippen LogP contribution in [0.5, 0.6) is 17.2 Å². The van der Waals surface area contributed by atoms with Crippen LogP contribution in [-0.4, -0.2) is 29.8 Å². The Morgan fingerprint density at radius 1 is 0.861 bits per heavy atom. The molecule has 2 aliphatic heterocycles. The quantitative estimate of drug-likeness (QED) is 0.295. The molecule has 1 aromatic heterocycles. The van der Waals surface area contributed by atoms with Crippen molar-refractivity contribution in [2.24, 2.45) is 0 Å². The Morgan fingerprint density at radius 2 is 1.69 bits per heavy atom. The van der Waals surface area contributed by atoms with Crippen molar-refractivity contribution in [2.45, 2.75) is 39.3 Å². The molecule has 3 aromatic carbocycles. The molecular formula is C30H30N2O4. The Hall–Kier alpha value is -3.77. The highest BCUT2D eigenvalue weighted by atomic mass is 16.7. The smallest absolute Gasteiger partial charge is 0.233 e. The second-order valence-electron chi connectivity index (χ2n) is 9.37. The summed E-state index contributed by atoms with van der Waals surface area (Å²) in [7, 11) is 0. The lowest BCUT2D eigenvalue weighted by molar-refractivity contribution is 0.174. The number of fused-ring (bicyclic) bond motifs is 1. The Morgan fingerprint density at radius 3 is 2.56 bits per heavy atom. The van der Waals surface area contributed by atoms with Crippen molar-refractivity contribution in [3.05, 3.63) is 83.9 Å². The summed E-state index contributed by atoms with van der Waals surface area (Å²) in [6.07, 6.45) is 3.79. The number of hydrogen-bond donors (Lipinski definition) is 0. The summed E-state index contributed by atoms with van der Waals surface area (Å²) in [5, 5.41) is 0. The first kappa shape index (κ1) is 22.7. The summed E-state index contributed by atoms with van der Waals surface area (Å²) in [5.41, 5.74) is 5.19. The van der Waals surface area contributed by atoms with Crippen LogP contribution in [-0.2, 0) is 13.2 Å². The van der Waals surface area contributed by atoms with Gasteiger partial charge in [-0.3, -0.25) is 4.90 Å². The van der Waals surface area contributed by atoms with E-state index in [9.17, 15) is 0 Å². The van der Waals surface area contributed by atoms with Gasteiger partial charge in [-0.2, -0.15) is 0 Å². The van der Waals surface area contributed by atoms with Crippen molar-refractivity contribution >= 4 is 0 Å². The van der Waals surface area contributed by atoms with E-state index >= 15 is 0 Å². The number of rotatable bonds is 7. The first-order valence-corrected chi connectivity index (χ1v) is 12.6. The van der Waals surface area contributed by atoms with E-state index in [1.165, 1.54) is 19.3 Å². The molecule has 0 aliphatic carbocycles. The number of likely N-dealkylation sites (tertiary alicyclic amines) is 1. The molecule has 0 saturated carbocycles. The van der Waals surface area contributed by atoms with Gasteiger partial charge in [0.15, 0.2) is 18.1 Å². The van der Waals surface area contributed by atoms with Crippen molar-refractivity contribution < 1.29 is 18.6 Å². The van der Waals surface area contributed by atoms with Gasteiger partial charge in [0, 0.05) is 5.56 Å². The molecule has 6 rings (SSSR count). The SMILES string of the molecule is Cc1c(OCc2nc(-c3ccccc3)c(CN3CCCCC3)o2)cccc1-c1ccc2c(c1)OCO2. The van der Waals surface area contributed by atoms with Gasteiger partial charge in [-0.25, -0.2) is 4.98 Å². The summed E-state index contributed by atoms with van der Waals surface area (Å²) in [6, 6.07) is 22.4. The Bertz CT molecular complexity index is 1340. The van der Waals surface area contributed by atoms with Crippen molar-refractivity contribution in [1.82, 2.24) is 9.88 Å². The van der Waals surface area contributed by atoms with Crippen molar-refractivity contribution in [1.29, 1.82) is 0 Å². The van der Waals surface area contributed by atoms with Gasteiger partial charge in [0.2, 0.25) is 12.7 Å². The predicted molar refractivity (Wildman–Crippen MR) is 138 cm³/mol. The number of aromatic nitrogens is 1. The summed E-state index contributed by atoms with van der Waals surface area (Å²) >= 11 is 0. The van der Waals surface area contributed by atoms with Gasteiger partial charge in [0.05, 0.1) is 6.54 Å². The molecule has 1 fully saturated rings. The molecule has 4 aromatic rings. The summed E-state index contributed by atoms with van der Waals surface area (Å²) < 4.78 is 23.6. The number of benzene rings is 3. The Kier molecular flexibility index (Phi) is 6.35. The minimum Gasteiger partial charge on any atom is -0.484 e. The Labute approximate surface area is 211 Å². The van der Waals surface area contributed by atoms with Crippen LogP contribution in [0.15, 0.2) is 71.1 Å². The van der Waals surface area contributed by atoms with E-state index in [0.29, 0.717) is 5.89 Å². The summed E-state index contributed by atoms with van der Waals surface area (Å²) in [6.45, 7) is 5.59. The zero-order valence-electron chi connectivity index (χ0n) is 20.5. The predicted octanol–water partition coefficient (Wildman–Crippen LogP) is 6.61. The monoisotopic (exact) mass is 482 g/mol. The lowest BCUT2D eigenvalue weighted by Gasteiger charge is -2.25. The fraction of sp³-hybridized carbons (Fsp3) is 0.300. The minimum atomic E-state index is 0.266. The van der Waals surface area contributed by atoms with Gasteiger partial charge in [-0.15, -0.1) is 0 Å². The first-order chi connectivity index (χ1) is 17.7. The maximum Gasteiger partial charge on any atom is 0.233 e. The normalized spacial score (nSPS) is 15.2. The van der Waals surface area contributed by atoms with E-state index in [2.05, 4.69) is 30.0 Å². The average molecular weight is 483 g/mol. The molecule has 1 saturated heterocycles. The van der Waals surface area contributed by atoms with Gasteiger partial charge >= 0.3 is 0 Å². The molecule has 0 amide bonds. The molecule has 0 bridgehead atoms. The Balaban J connectivity index is 1.23. The van der Waals surface area contributed by atoms with Crippen molar-refractivity contribution in [2.75, 3.05) is 19.9 Å². The molecule has 2 aliphatic rings.